The molecule has 10 heteroatoms. The fourth-order valence-corrected chi connectivity index (χ4v) is 1.99. The van der Waals surface area contributed by atoms with Crippen LogP contribution >= 0.6 is 11.6 Å². The normalized spacial score (nSPS) is 11.2. The number of nitro groups is 1. The molecule has 2 aromatic heterocycles. The Kier molecular flexibility index (Phi) is 5.03. The third kappa shape index (κ3) is 4.66. The van der Waals surface area contributed by atoms with Gasteiger partial charge in [-0.2, -0.15) is 5.10 Å². The van der Waals surface area contributed by atoms with Crippen molar-refractivity contribution < 1.29 is 14.5 Å². The maximum atomic E-state index is 11.6. The summed E-state index contributed by atoms with van der Waals surface area (Å²) in [6.45, 7) is 5.52. The van der Waals surface area contributed by atoms with E-state index in [1.807, 2.05) is 0 Å². The molecule has 0 unspecified atom stereocenters. The van der Waals surface area contributed by atoms with Gasteiger partial charge in [0.1, 0.15) is 11.8 Å². The standard InChI is InChI=1S/C14H16ClN5O4/c1-14(2,3)24-13(21)17-5-9-6-18-19(8-9)12-11(15)4-10(7-16-12)20(22)23/h4,6-8H,5H2,1-3H3,(H,17,21). The quantitative estimate of drug-likeness (QED) is 0.668. The van der Waals surface area contributed by atoms with Crippen LogP contribution in [0.3, 0.4) is 0 Å². The van der Waals surface area contributed by atoms with Gasteiger partial charge in [0.25, 0.3) is 5.69 Å². The van der Waals surface area contributed by atoms with Crippen molar-refractivity contribution in [1.82, 2.24) is 20.1 Å². The molecule has 1 amide bonds. The average Bonchev–Trinajstić information content (AvgIpc) is 2.91. The third-order valence-electron chi connectivity index (χ3n) is 2.71. The second-order valence-corrected chi connectivity index (χ2v) is 6.31. The number of pyridine rings is 1. The number of hydrogen-bond acceptors (Lipinski definition) is 6. The molecular formula is C14H16ClN5O4. The van der Waals surface area contributed by atoms with E-state index in [4.69, 9.17) is 16.3 Å². The van der Waals surface area contributed by atoms with Gasteiger partial charge in [-0.15, -0.1) is 0 Å². The van der Waals surface area contributed by atoms with Crippen molar-refractivity contribution in [3.8, 4) is 5.82 Å². The minimum absolute atomic E-state index is 0.0963. The molecule has 0 radical (unpaired) electrons. The van der Waals surface area contributed by atoms with Crippen molar-refractivity contribution in [3.05, 3.63) is 45.4 Å². The van der Waals surface area contributed by atoms with Gasteiger partial charge in [0.15, 0.2) is 5.82 Å². The van der Waals surface area contributed by atoms with Crippen LogP contribution in [0, 0.1) is 10.1 Å². The first kappa shape index (κ1) is 17.7. The van der Waals surface area contributed by atoms with Crippen LogP contribution in [0.1, 0.15) is 26.3 Å². The van der Waals surface area contributed by atoms with E-state index in [9.17, 15) is 14.9 Å². The highest BCUT2D eigenvalue weighted by atomic mass is 35.5. The molecule has 2 rings (SSSR count). The van der Waals surface area contributed by atoms with Crippen molar-refractivity contribution in [1.29, 1.82) is 0 Å². The topological polar surface area (TPSA) is 112 Å². The molecule has 0 aliphatic carbocycles. The van der Waals surface area contributed by atoms with Crippen molar-refractivity contribution in [2.75, 3.05) is 0 Å². The number of nitrogens with one attached hydrogen (secondary N) is 1. The molecular weight excluding hydrogens is 338 g/mol. The van der Waals surface area contributed by atoms with Gasteiger partial charge >= 0.3 is 6.09 Å². The highest BCUT2D eigenvalue weighted by Crippen LogP contribution is 2.22. The molecule has 128 valence electrons. The number of aromatic nitrogens is 3. The number of carbonyl (C=O) groups excluding carboxylic acids is 1. The Hall–Kier alpha value is -2.68. The summed E-state index contributed by atoms with van der Waals surface area (Å²) in [5.41, 5.74) is -0.0930. The predicted octanol–water partition coefficient (Wildman–Crippen LogP) is 2.85. The molecule has 2 aromatic rings. The number of ether oxygens (including phenoxy) is 1. The number of amides is 1. The molecule has 2 heterocycles. The first-order chi connectivity index (χ1) is 11.2. The van der Waals surface area contributed by atoms with Gasteiger partial charge in [-0.3, -0.25) is 10.1 Å². The van der Waals surface area contributed by atoms with Crippen LogP contribution in [0.4, 0.5) is 10.5 Å². The number of hydrogen-bond donors (Lipinski definition) is 1. The highest BCUT2D eigenvalue weighted by Gasteiger charge is 2.16. The summed E-state index contributed by atoms with van der Waals surface area (Å²) in [4.78, 5) is 25.7. The van der Waals surface area contributed by atoms with Crippen LogP contribution in [0.25, 0.3) is 5.82 Å². The number of halogens is 1. The van der Waals surface area contributed by atoms with E-state index in [2.05, 4.69) is 15.4 Å². The van der Waals surface area contributed by atoms with E-state index in [0.29, 0.717) is 5.56 Å². The van der Waals surface area contributed by atoms with E-state index < -0.39 is 16.6 Å². The second-order valence-electron chi connectivity index (χ2n) is 5.90. The summed E-state index contributed by atoms with van der Waals surface area (Å²) in [5, 5.41) is 17.5. The maximum absolute atomic E-state index is 11.6. The minimum Gasteiger partial charge on any atom is -0.444 e. The van der Waals surface area contributed by atoms with Crippen LogP contribution in [0.2, 0.25) is 5.02 Å². The number of alkyl carbamates (subject to hydrolysis) is 1. The molecule has 0 bridgehead atoms. The van der Waals surface area contributed by atoms with Crippen LogP contribution < -0.4 is 5.32 Å². The molecule has 0 fully saturated rings. The molecule has 0 saturated carbocycles. The molecule has 9 nitrogen and oxygen atoms in total. The van der Waals surface area contributed by atoms with E-state index in [1.54, 1.807) is 27.0 Å². The largest absolute Gasteiger partial charge is 0.444 e. The van der Waals surface area contributed by atoms with E-state index in [-0.39, 0.29) is 23.1 Å². The Morgan fingerprint density at radius 3 is 2.75 bits per heavy atom. The lowest BCUT2D eigenvalue weighted by molar-refractivity contribution is -0.385. The molecule has 0 saturated heterocycles. The summed E-state index contributed by atoms with van der Waals surface area (Å²) >= 11 is 6.00. The minimum atomic E-state index is -0.581. The van der Waals surface area contributed by atoms with Gasteiger partial charge in [0.05, 0.1) is 16.1 Å². The average molecular weight is 354 g/mol. The number of rotatable bonds is 4. The first-order valence-electron chi connectivity index (χ1n) is 6.96. The lowest BCUT2D eigenvalue weighted by atomic mass is 10.2. The monoisotopic (exact) mass is 353 g/mol. The van der Waals surface area contributed by atoms with Crippen LogP contribution in [-0.2, 0) is 11.3 Å². The van der Waals surface area contributed by atoms with Crippen molar-refractivity contribution >= 4 is 23.4 Å². The maximum Gasteiger partial charge on any atom is 0.407 e. The lowest BCUT2D eigenvalue weighted by Gasteiger charge is -2.19. The fraction of sp³-hybridized carbons (Fsp3) is 0.357. The summed E-state index contributed by atoms with van der Waals surface area (Å²) in [6.07, 6.45) is 3.69. The Morgan fingerprint density at radius 2 is 2.17 bits per heavy atom. The third-order valence-corrected chi connectivity index (χ3v) is 2.99. The Labute approximate surface area is 142 Å². The number of nitrogens with zero attached hydrogens (tertiary/aromatic N) is 4. The summed E-state index contributed by atoms with van der Waals surface area (Å²) in [5.74, 6) is 0.255. The Bertz CT molecular complexity index is 769. The van der Waals surface area contributed by atoms with Crippen molar-refractivity contribution in [2.24, 2.45) is 0 Å². The SMILES string of the molecule is CC(C)(C)OC(=O)NCc1cnn(-c2ncc([N+](=O)[O-])cc2Cl)c1. The van der Waals surface area contributed by atoms with Gasteiger partial charge in [0.2, 0.25) is 0 Å². The zero-order valence-corrected chi connectivity index (χ0v) is 14.1. The second kappa shape index (κ2) is 6.83. The van der Waals surface area contributed by atoms with Gasteiger partial charge in [-0.25, -0.2) is 14.5 Å². The zero-order chi connectivity index (χ0) is 17.9. The van der Waals surface area contributed by atoms with E-state index >= 15 is 0 Å². The molecule has 0 aromatic carbocycles. The van der Waals surface area contributed by atoms with Gasteiger partial charge in [-0.1, -0.05) is 11.6 Å². The molecule has 1 N–H and O–H groups in total. The highest BCUT2D eigenvalue weighted by molar-refractivity contribution is 6.32. The lowest BCUT2D eigenvalue weighted by Crippen LogP contribution is -2.32. The Morgan fingerprint density at radius 1 is 1.46 bits per heavy atom. The van der Waals surface area contributed by atoms with Crippen LogP contribution in [0.5, 0.6) is 0 Å². The number of carbonyl (C=O) groups is 1. The summed E-state index contributed by atoms with van der Waals surface area (Å²) in [7, 11) is 0. The summed E-state index contributed by atoms with van der Waals surface area (Å²) in [6, 6.07) is 1.20. The van der Waals surface area contributed by atoms with Gasteiger partial charge in [0, 0.05) is 24.4 Å². The predicted molar refractivity (Wildman–Crippen MR) is 86.1 cm³/mol. The van der Waals surface area contributed by atoms with Crippen LogP contribution in [-0.4, -0.2) is 31.4 Å². The van der Waals surface area contributed by atoms with Crippen LogP contribution in [0.15, 0.2) is 24.7 Å². The molecule has 0 spiro atoms. The van der Waals surface area contributed by atoms with Crippen molar-refractivity contribution in [2.45, 2.75) is 32.9 Å². The van der Waals surface area contributed by atoms with E-state index in [0.717, 1.165) is 6.20 Å². The molecule has 24 heavy (non-hydrogen) atoms. The van der Waals surface area contributed by atoms with E-state index in [1.165, 1.54) is 16.9 Å². The zero-order valence-electron chi connectivity index (χ0n) is 13.3. The molecule has 0 aliphatic rings. The molecule has 0 aliphatic heterocycles. The summed E-state index contributed by atoms with van der Waals surface area (Å²) < 4.78 is 6.50. The van der Waals surface area contributed by atoms with Crippen molar-refractivity contribution in [3.63, 3.8) is 0 Å². The Balaban J connectivity index is 2.06. The van der Waals surface area contributed by atoms with Gasteiger partial charge in [-0.05, 0) is 20.8 Å². The first-order valence-corrected chi connectivity index (χ1v) is 7.34. The smallest absolute Gasteiger partial charge is 0.407 e. The molecule has 0 atom stereocenters. The fourth-order valence-electron chi connectivity index (χ4n) is 1.74. The van der Waals surface area contributed by atoms with Gasteiger partial charge < -0.3 is 10.1 Å².